The first-order valence-electron chi connectivity index (χ1n) is 10.2. The molecule has 0 saturated heterocycles. The van der Waals surface area contributed by atoms with Gasteiger partial charge in [0.1, 0.15) is 12.1 Å². The minimum absolute atomic E-state index is 0.145. The van der Waals surface area contributed by atoms with Gasteiger partial charge in [0.05, 0.1) is 14.2 Å². The minimum Gasteiger partial charge on any atom is -0.467 e. The van der Waals surface area contributed by atoms with Crippen molar-refractivity contribution in [1.29, 1.82) is 0 Å². The maximum absolute atomic E-state index is 12.3. The van der Waals surface area contributed by atoms with Crippen molar-refractivity contribution in [2.45, 2.75) is 37.8 Å². The Bertz CT molecular complexity index is 826. The first-order valence-corrected chi connectivity index (χ1v) is 10.2. The summed E-state index contributed by atoms with van der Waals surface area (Å²) in [6.07, 6.45) is 0.251. The van der Waals surface area contributed by atoms with Gasteiger partial charge in [0.15, 0.2) is 0 Å². The molecule has 0 saturated carbocycles. The van der Waals surface area contributed by atoms with Crippen LogP contribution in [-0.2, 0) is 41.5 Å². The molecule has 0 aliphatic rings. The average molecular weight is 440 g/mol. The van der Waals surface area contributed by atoms with Gasteiger partial charge in [-0.25, -0.2) is 9.59 Å². The average Bonchev–Trinajstić information content (AvgIpc) is 2.82. The molecule has 0 aliphatic heterocycles. The van der Waals surface area contributed by atoms with Crippen LogP contribution in [0.1, 0.15) is 24.0 Å². The lowest BCUT2D eigenvalue weighted by atomic mass is 10.1. The van der Waals surface area contributed by atoms with Crippen LogP contribution in [0.4, 0.5) is 0 Å². The number of hydrogen-bond acceptors (Lipinski definition) is 6. The fourth-order valence-electron chi connectivity index (χ4n) is 3.13. The molecular weight excluding hydrogens is 412 g/mol. The Kier molecular flexibility index (Phi) is 9.90. The third-order valence-corrected chi connectivity index (χ3v) is 4.79. The van der Waals surface area contributed by atoms with Gasteiger partial charge in [-0.1, -0.05) is 60.7 Å². The van der Waals surface area contributed by atoms with Crippen LogP contribution in [0, 0.1) is 0 Å². The molecule has 2 amide bonds. The highest BCUT2D eigenvalue weighted by atomic mass is 16.5. The normalized spacial score (nSPS) is 12.2. The van der Waals surface area contributed by atoms with Crippen LogP contribution in [0.25, 0.3) is 0 Å². The molecular formula is C24H28N2O6. The Labute approximate surface area is 187 Å². The van der Waals surface area contributed by atoms with Crippen molar-refractivity contribution in [3.05, 3.63) is 71.8 Å². The van der Waals surface area contributed by atoms with Gasteiger partial charge in [0.2, 0.25) is 11.8 Å². The quantitative estimate of drug-likeness (QED) is 0.513. The SMILES string of the molecule is COC(=O)C(Cc1ccccc1)NC(=O)CCC(=O)NC(Cc1ccccc1)C(=O)OC. The van der Waals surface area contributed by atoms with Gasteiger partial charge in [-0.05, 0) is 11.1 Å². The molecule has 2 aromatic carbocycles. The lowest BCUT2D eigenvalue weighted by Gasteiger charge is -2.18. The highest BCUT2D eigenvalue weighted by molar-refractivity contribution is 5.89. The van der Waals surface area contributed by atoms with Crippen molar-refractivity contribution in [1.82, 2.24) is 10.6 Å². The number of amides is 2. The van der Waals surface area contributed by atoms with E-state index in [9.17, 15) is 19.2 Å². The molecule has 2 N–H and O–H groups in total. The summed E-state index contributed by atoms with van der Waals surface area (Å²) < 4.78 is 9.55. The number of ether oxygens (including phenoxy) is 2. The summed E-state index contributed by atoms with van der Waals surface area (Å²) in [5.74, 6) is -2.08. The summed E-state index contributed by atoms with van der Waals surface area (Å²) in [6.45, 7) is 0. The molecule has 170 valence electrons. The molecule has 8 nitrogen and oxygen atoms in total. The smallest absolute Gasteiger partial charge is 0.328 e. The van der Waals surface area contributed by atoms with E-state index in [1.165, 1.54) is 14.2 Å². The number of carbonyl (C=O) groups excluding carboxylic acids is 4. The number of hydrogen-bond donors (Lipinski definition) is 2. The summed E-state index contributed by atoms with van der Waals surface area (Å²) in [6, 6.07) is 16.7. The Hall–Kier alpha value is -3.68. The zero-order valence-electron chi connectivity index (χ0n) is 18.2. The van der Waals surface area contributed by atoms with Gasteiger partial charge in [0.25, 0.3) is 0 Å². The van der Waals surface area contributed by atoms with E-state index in [-0.39, 0.29) is 25.7 Å². The molecule has 0 fully saturated rings. The molecule has 0 heterocycles. The number of benzene rings is 2. The summed E-state index contributed by atoms with van der Waals surface area (Å²) >= 11 is 0. The molecule has 0 bridgehead atoms. The van der Waals surface area contributed by atoms with Gasteiger partial charge < -0.3 is 20.1 Å². The zero-order valence-corrected chi connectivity index (χ0v) is 18.2. The molecule has 0 radical (unpaired) electrons. The summed E-state index contributed by atoms with van der Waals surface area (Å²) in [4.78, 5) is 48.8. The van der Waals surface area contributed by atoms with E-state index in [1.54, 1.807) is 0 Å². The Morgan fingerprint density at radius 2 is 1.00 bits per heavy atom. The molecule has 32 heavy (non-hydrogen) atoms. The predicted molar refractivity (Wildman–Crippen MR) is 117 cm³/mol. The van der Waals surface area contributed by atoms with E-state index in [4.69, 9.17) is 9.47 Å². The van der Waals surface area contributed by atoms with Crippen LogP contribution < -0.4 is 10.6 Å². The van der Waals surface area contributed by atoms with E-state index in [1.807, 2.05) is 60.7 Å². The number of methoxy groups -OCH3 is 2. The summed E-state index contributed by atoms with van der Waals surface area (Å²) in [5, 5.41) is 5.23. The van der Waals surface area contributed by atoms with Crippen molar-refractivity contribution >= 4 is 23.8 Å². The van der Waals surface area contributed by atoms with E-state index in [0.717, 1.165) is 11.1 Å². The molecule has 0 aromatic heterocycles. The van der Waals surface area contributed by atoms with Crippen molar-refractivity contribution in [2.24, 2.45) is 0 Å². The Morgan fingerprint density at radius 1 is 0.656 bits per heavy atom. The molecule has 2 rings (SSSR count). The van der Waals surface area contributed by atoms with Crippen LogP contribution in [-0.4, -0.2) is 50.1 Å². The van der Waals surface area contributed by atoms with Crippen LogP contribution in [0.2, 0.25) is 0 Å². The second-order valence-corrected chi connectivity index (χ2v) is 7.17. The maximum Gasteiger partial charge on any atom is 0.328 e. The first-order chi connectivity index (χ1) is 15.4. The van der Waals surface area contributed by atoms with Crippen molar-refractivity contribution in [3.63, 3.8) is 0 Å². The van der Waals surface area contributed by atoms with Crippen LogP contribution >= 0.6 is 0 Å². The highest BCUT2D eigenvalue weighted by Crippen LogP contribution is 2.07. The van der Waals surface area contributed by atoms with Crippen molar-refractivity contribution in [3.8, 4) is 0 Å². The number of carbonyl (C=O) groups is 4. The molecule has 2 unspecified atom stereocenters. The van der Waals surface area contributed by atoms with Crippen LogP contribution in [0.15, 0.2) is 60.7 Å². The molecule has 8 heteroatoms. The van der Waals surface area contributed by atoms with Crippen LogP contribution in [0.5, 0.6) is 0 Å². The molecule has 0 aliphatic carbocycles. The maximum atomic E-state index is 12.3. The van der Waals surface area contributed by atoms with Crippen molar-refractivity contribution < 1.29 is 28.7 Å². The van der Waals surface area contributed by atoms with Crippen LogP contribution in [0.3, 0.4) is 0 Å². The number of rotatable bonds is 11. The van der Waals surface area contributed by atoms with E-state index >= 15 is 0 Å². The fraction of sp³-hybridized carbons (Fsp3) is 0.333. The van der Waals surface area contributed by atoms with Crippen molar-refractivity contribution in [2.75, 3.05) is 14.2 Å². The van der Waals surface area contributed by atoms with Gasteiger partial charge in [-0.2, -0.15) is 0 Å². The fourth-order valence-corrected chi connectivity index (χ4v) is 3.13. The van der Waals surface area contributed by atoms with E-state index < -0.39 is 35.8 Å². The van der Waals surface area contributed by atoms with Gasteiger partial charge in [-0.3, -0.25) is 9.59 Å². The van der Waals surface area contributed by atoms with E-state index in [0.29, 0.717) is 0 Å². The second kappa shape index (κ2) is 12.9. The molecule has 2 aromatic rings. The number of esters is 2. The lowest BCUT2D eigenvalue weighted by molar-refractivity contribution is -0.146. The van der Waals surface area contributed by atoms with Gasteiger partial charge in [0, 0.05) is 25.7 Å². The predicted octanol–water partition coefficient (Wildman–Crippen LogP) is 1.57. The Morgan fingerprint density at radius 3 is 1.31 bits per heavy atom. The topological polar surface area (TPSA) is 111 Å². The third-order valence-electron chi connectivity index (χ3n) is 4.79. The Balaban J connectivity index is 1.89. The first kappa shape index (κ1) is 24.6. The van der Waals surface area contributed by atoms with Gasteiger partial charge in [-0.15, -0.1) is 0 Å². The highest BCUT2D eigenvalue weighted by Gasteiger charge is 2.24. The second-order valence-electron chi connectivity index (χ2n) is 7.17. The monoisotopic (exact) mass is 440 g/mol. The third kappa shape index (κ3) is 8.22. The number of nitrogens with one attached hydrogen (secondary N) is 2. The standard InChI is InChI=1S/C24H28N2O6/c1-31-23(29)19(15-17-9-5-3-6-10-17)25-21(27)13-14-22(28)26-20(24(30)32-2)16-18-11-7-4-8-12-18/h3-12,19-20H,13-16H2,1-2H3,(H,25,27)(H,26,28). The minimum atomic E-state index is -0.862. The zero-order chi connectivity index (χ0) is 23.3. The summed E-state index contributed by atoms with van der Waals surface area (Å²) in [5.41, 5.74) is 1.73. The molecule has 0 spiro atoms. The summed E-state index contributed by atoms with van der Waals surface area (Å²) in [7, 11) is 2.50. The largest absolute Gasteiger partial charge is 0.467 e. The van der Waals surface area contributed by atoms with Gasteiger partial charge >= 0.3 is 11.9 Å². The van der Waals surface area contributed by atoms with E-state index in [2.05, 4.69) is 10.6 Å². The molecule has 2 atom stereocenters. The lowest BCUT2D eigenvalue weighted by Crippen LogP contribution is -2.45.